The van der Waals surface area contributed by atoms with E-state index in [4.69, 9.17) is 0 Å². The average molecular weight is 327 g/mol. The van der Waals surface area contributed by atoms with Gasteiger partial charge in [-0.1, -0.05) is 6.92 Å². The number of rotatable bonds is 6. The second-order valence-corrected chi connectivity index (χ2v) is 5.24. The molecule has 6 nitrogen and oxygen atoms in total. The molecule has 0 aliphatic carbocycles. The Morgan fingerprint density at radius 1 is 1.32 bits per heavy atom. The molecule has 2 heterocycles. The van der Waals surface area contributed by atoms with Gasteiger partial charge in [-0.3, -0.25) is 9.36 Å². The fourth-order valence-electron chi connectivity index (χ4n) is 1.92. The van der Waals surface area contributed by atoms with Crippen LogP contribution in [0.25, 0.3) is 0 Å². The van der Waals surface area contributed by atoms with Crippen molar-refractivity contribution >= 4 is 15.9 Å². The minimum atomic E-state index is 0.789. The Hall–Kier alpha value is -1.21. The molecule has 1 N–H and O–H groups in total. The number of hydrogen-bond donors (Lipinski definition) is 1. The van der Waals surface area contributed by atoms with Crippen molar-refractivity contribution < 1.29 is 0 Å². The molecule has 0 aromatic carbocycles. The third-order valence-corrected chi connectivity index (χ3v) is 3.88. The van der Waals surface area contributed by atoms with E-state index in [0.717, 1.165) is 41.9 Å². The monoisotopic (exact) mass is 326 g/mol. The molecule has 0 atom stereocenters. The molecule has 2 rings (SSSR count). The fourth-order valence-corrected chi connectivity index (χ4v) is 2.67. The zero-order valence-electron chi connectivity index (χ0n) is 11.5. The average Bonchev–Trinajstić information content (AvgIpc) is 2.91. The predicted octanol–water partition coefficient (Wildman–Crippen LogP) is 1.21. The SMILES string of the molecule is CCc1nn(C)c(CNCCc2ncn(C)n2)c1Br. The first-order valence-corrected chi connectivity index (χ1v) is 7.16. The highest BCUT2D eigenvalue weighted by atomic mass is 79.9. The highest BCUT2D eigenvalue weighted by Gasteiger charge is 2.11. The third-order valence-electron chi connectivity index (χ3n) is 2.97. The lowest BCUT2D eigenvalue weighted by Gasteiger charge is -2.04. The van der Waals surface area contributed by atoms with Crippen LogP contribution in [0.5, 0.6) is 0 Å². The normalized spacial score (nSPS) is 11.2. The van der Waals surface area contributed by atoms with Gasteiger partial charge in [0.15, 0.2) is 5.82 Å². The zero-order valence-corrected chi connectivity index (χ0v) is 13.1. The quantitative estimate of drug-likeness (QED) is 0.810. The van der Waals surface area contributed by atoms with Crippen LogP contribution in [0.2, 0.25) is 0 Å². The first kappa shape index (κ1) is 14.2. The molecule has 7 heteroatoms. The van der Waals surface area contributed by atoms with Gasteiger partial charge in [-0.05, 0) is 22.4 Å². The van der Waals surface area contributed by atoms with E-state index < -0.39 is 0 Å². The predicted molar refractivity (Wildman–Crippen MR) is 76.7 cm³/mol. The minimum Gasteiger partial charge on any atom is -0.311 e. The van der Waals surface area contributed by atoms with Gasteiger partial charge in [-0.25, -0.2) is 4.98 Å². The number of hydrogen-bond acceptors (Lipinski definition) is 4. The van der Waals surface area contributed by atoms with E-state index in [1.807, 2.05) is 18.8 Å². The number of nitrogens with one attached hydrogen (secondary N) is 1. The lowest BCUT2D eigenvalue weighted by Crippen LogP contribution is -2.19. The van der Waals surface area contributed by atoms with Gasteiger partial charge in [-0.2, -0.15) is 10.2 Å². The summed E-state index contributed by atoms with van der Waals surface area (Å²) in [4.78, 5) is 4.20. The van der Waals surface area contributed by atoms with Gasteiger partial charge in [-0.15, -0.1) is 0 Å². The van der Waals surface area contributed by atoms with E-state index in [-0.39, 0.29) is 0 Å². The molecule has 0 aliphatic rings. The van der Waals surface area contributed by atoms with Crippen molar-refractivity contribution in [2.24, 2.45) is 14.1 Å². The van der Waals surface area contributed by atoms with Gasteiger partial charge in [0, 0.05) is 33.6 Å². The van der Waals surface area contributed by atoms with E-state index >= 15 is 0 Å². The van der Waals surface area contributed by atoms with Crippen LogP contribution in [0.4, 0.5) is 0 Å². The second-order valence-electron chi connectivity index (χ2n) is 4.45. The molecule has 0 saturated heterocycles. The minimum absolute atomic E-state index is 0.789. The van der Waals surface area contributed by atoms with E-state index in [1.165, 1.54) is 5.69 Å². The van der Waals surface area contributed by atoms with E-state index in [2.05, 4.69) is 43.4 Å². The molecule has 2 aromatic heterocycles. The summed E-state index contributed by atoms with van der Waals surface area (Å²) in [6.45, 7) is 3.75. The molecule has 0 saturated carbocycles. The molecule has 0 spiro atoms. The van der Waals surface area contributed by atoms with Crippen molar-refractivity contribution in [1.82, 2.24) is 29.9 Å². The highest BCUT2D eigenvalue weighted by Crippen LogP contribution is 2.21. The molecule has 19 heavy (non-hydrogen) atoms. The molecule has 104 valence electrons. The van der Waals surface area contributed by atoms with Crippen molar-refractivity contribution in [3.8, 4) is 0 Å². The first-order chi connectivity index (χ1) is 9.11. The second kappa shape index (κ2) is 6.29. The first-order valence-electron chi connectivity index (χ1n) is 6.37. The topological polar surface area (TPSA) is 60.6 Å². The van der Waals surface area contributed by atoms with Crippen LogP contribution in [0.1, 0.15) is 24.1 Å². The molecule has 0 unspecified atom stereocenters. The molecule has 0 amide bonds. The molecule has 0 aliphatic heterocycles. The van der Waals surface area contributed by atoms with Gasteiger partial charge in [0.1, 0.15) is 6.33 Å². The van der Waals surface area contributed by atoms with Crippen LogP contribution in [-0.2, 0) is 33.5 Å². The largest absolute Gasteiger partial charge is 0.311 e. The van der Waals surface area contributed by atoms with Crippen molar-refractivity contribution in [3.05, 3.63) is 28.0 Å². The summed E-state index contributed by atoms with van der Waals surface area (Å²) in [5, 5.41) is 12.1. The van der Waals surface area contributed by atoms with Gasteiger partial charge >= 0.3 is 0 Å². The fraction of sp³-hybridized carbons (Fsp3) is 0.583. The van der Waals surface area contributed by atoms with E-state index in [1.54, 1.807) is 11.0 Å². The van der Waals surface area contributed by atoms with Crippen molar-refractivity contribution in [3.63, 3.8) is 0 Å². The van der Waals surface area contributed by atoms with Gasteiger partial charge in [0.2, 0.25) is 0 Å². The molecule has 2 aromatic rings. The summed E-state index contributed by atoms with van der Waals surface area (Å²) in [6.07, 6.45) is 3.49. The van der Waals surface area contributed by atoms with Crippen LogP contribution in [0, 0.1) is 0 Å². The van der Waals surface area contributed by atoms with Crippen LogP contribution in [0.15, 0.2) is 10.8 Å². The Bertz CT molecular complexity index is 544. The number of aryl methyl sites for hydroxylation is 3. The van der Waals surface area contributed by atoms with Crippen LogP contribution in [-0.4, -0.2) is 31.1 Å². The smallest absolute Gasteiger partial charge is 0.151 e. The lowest BCUT2D eigenvalue weighted by atomic mass is 10.3. The van der Waals surface area contributed by atoms with Crippen molar-refractivity contribution in [1.29, 1.82) is 0 Å². The molecular formula is C12H19BrN6. The Morgan fingerprint density at radius 3 is 2.68 bits per heavy atom. The molecule has 0 radical (unpaired) electrons. The van der Waals surface area contributed by atoms with Gasteiger partial charge in [0.05, 0.1) is 15.9 Å². The Morgan fingerprint density at radius 2 is 2.11 bits per heavy atom. The summed E-state index contributed by atoms with van der Waals surface area (Å²) < 4.78 is 4.76. The number of halogens is 1. The maximum atomic E-state index is 4.47. The van der Waals surface area contributed by atoms with Crippen molar-refractivity contribution in [2.45, 2.75) is 26.3 Å². The molecule has 0 fully saturated rings. The maximum Gasteiger partial charge on any atom is 0.151 e. The summed E-state index contributed by atoms with van der Waals surface area (Å²) in [5.74, 6) is 0.869. The highest BCUT2D eigenvalue weighted by molar-refractivity contribution is 9.10. The number of aromatic nitrogens is 5. The molecular weight excluding hydrogens is 308 g/mol. The third kappa shape index (κ3) is 3.42. The van der Waals surface area contributed by atoms with Gasteiger partial charge in [0.25, 0.3) is 0 Å². The van der Waals surface area contributed by atoms with Crippen LogP contribution >= 0.6 is 15.9 Å². The lowest BCUT2D eigenvalue weighted by molar-refractivity contribution is 0.613. The van der Waals surface area contributed by atoms with E-state index in [0.29, 0.717) is 0 Å². The summed E-state index contributed by atoms with van der Waals surface area (Å²) >= 11 is 3.61. The summed E-state index contributed by atoms with van der Waals surface area (Å²) in [5.41, 5.74) is 2.27. The maximum absolute atomic E-state index is 4.47. The van der Waals surface area contributed by atoms with Crippen LogP contribution in [0.3, 0.4) is 0 Å². The standard InChI is InChI=1S/C12H19BrN6/c1-4-9-12(13)10(19(3)16-9)7-14-6-5-11-15-8-18(2)17-11/h8,14H,4-7H2,1-3H3. The Kier molecular flexibility index (Phi) is 4.71. The van der Waals surface area contributed by atoms with Crippen LogP contribution < -0.4 is 5.32 Å². The summed E-state index contributed by atoms with van der Waals surface area (Å²) in [7, 11) is 3.85. The van der Waals surface area contributed by atoms with Gasteiger partial charge < -0.3 is 5.32 Å². The Balaban J connectivity index is 1.84. The summed E-state index contributed by atoms with van der Waals surface area (Å²) in [6, 6.07) is 0. The van der Waals surface area contributed by atoms with Crippen molar-refractivity contribution in [2.75, 3.05) is 6.54 Å². The number of nitrogens with zero attached hydrogens (tertiary/aromatic N) is 5. The Labute approximate surface area is 121 Å². The molecule has 0 bridgehead atoms. The van der Waals surface area contributed by atoms with E-state index in [9.17, 15) is 0 Å². The zero-order chi connectivity index (χ0) is 13.8.